The summed E-state index contributed by atoms with van der Waals surface area (Å²) >= 11 is 0. The van der Waals surface area contributed by atoms with Crippen LogP contribution in [-0.4, -0.2) is 57.3 Å². The van der Waals surface area contributed by atoms with Gasteiger partial charge in [0.15, 0.2) is 0 Å². The van der Waals surface area contributed by atoms with E-state index in [1.54, 1.807) is 29.4 Å². The zero-order valence-electron chi connectivity index (χ0n) is 13.2. The number of carbonyl (C=O) groups excluding carboxylic acids is 2. The van der Waals surface area contributed by atoms with Crippen molar-refractivity contribution in [3.8, 4) is 0 Å². The number of nitrogens with zero attached hydrogens (tertiary/aromatic N) is 4. The van der Waals surface area contributed by atoms with Crippen LogP contribution >= 0.6 is 0 Å². The fourth-order valence-corrected chi connectivity index (χ4v) is 2.81. The smallest absolute Gasteiger partial charge is 0.255 e. The van der Waals surface area contributed by atoms with Gasteiger partial charge in [0.05, 0.1) is 11.1 Å². The maximum atomic E-state index is 12.5. The van der Waals surface area contributed by atoms with Crippen molar-refractivity contribution in [3.05, 3.63) is 54.1 Å². The van der Waals surface area contributed by atoms with Crippen LogP contribution in [0.25, 0.3) is 0 Å². The molecule has 2 aromatic heterocycles. The minimum absolute atomic E-state index is 0.0212. The molecule has 0 bridgehead atoms. The topological polar surface area (TPSA) is 58.4 Å². The minimum Gasteiger partial charge on any atom is -0.356 e. The lowest BCUT2D eigenvalue weighted by atomic mass is 10.2. The minimum atomic E-state index is -0.0212. The van der Waals surface area contributed by atoms with Crippen molar-refractivity contribution in [2.24, 2.45) is 7.05 Å². The third-order valence-electron chi connectivity index (χ3n) is 4.06. The van der Waals surface area contributed by atoms with Gasteiger partial charge in [-0.1, -0.05) is 0 Å². The van der Waals surface area contributed by atoms with Gasteiger partial charge in [-0.25, -0.2) is 0 Å². The zero-order chi connectivity index (χ0) is 16.2. The van der Waals surface area contributed by atoms with Gasteiger partial charge in [-0.05, 0) is 24.6 Å². The van der Waals surface area contributed by atoms with E-state index in [1.165, 1.54) is 0 Å². The summed E-state index contributed by atoms with van der Waals surface area (Å²) in [6.07, 6.45) is 7.71. The molecule has 6 heteroatoms. The zero-order valence-corrected chi connectivity index (χ0v) is 13.2. The molecule has 3 rings (SSSR count). The largest absolute Gasteiger partial charge is 0.356 e. The summed E-state index contributed by atoms with van der Waals surface area (Å²) in [6.45, 7) is 2.43. The van der Waals surface area contributed by atoms with Crippen LogP contribution in [-0.2, 0) is 7.05 Å². The first kappa shape index (κ1) is 15.3. The van der Waals surface area contributed by atoms with Crippen molar-refractivity contribution in [1.29, 1.82) is 0 Å². The van der Waals surface area contributed by atoms with Crippen LogP contribution in [0.4, 0.5) is 0 Å². The van der Waals surface area contributed by atoms with Crippen molar-refractivity contribution < 1.29 is 9.59 Å². The summed E-state index contributed by atoms with van der Waals surface area (Å²) in [5.41, 5.74) is 1.29. The number of carbonyl (C=O) groups is 2. The Morgan fingerprint density at radius 3 is 2.26 bits per heavy atom. The molecule has 3 heterocycles. The van der Waals surface area contributed by atoms with Gasteiger partial charge in [0.2, 0.25) is 0 Å². The first-order valence-electron chi connectivity index (χ1n) is 7.76. The fraction of sp³-hybridized carbons (Fsp3) is 0.353. The molecular formula is C17H20N4O2. The number of hydrogen-bond donors (Lipinski definition) is 0. The monoisotopic (exact) mass is 312 g/mol. The third kappa shape index (κ3) is 3.41. The molecule has 120 valence electrons. The van der Waals surface area contributed by atoms with Gasteiger partial charge in [0, 0.05) is 58.0 Å². The van der Waals surface area contributed by atoms with Crippen molar-refractivity contribution >= 4 is 11.8 Å². The number of pyridine rings is 1. The molecule has 2 aromatic rings. The normalized spacial score (nSPS) is 15.3. The van der Waals surface area contributed by atoms with E-state index in [9.17, 15) is 9.59 Å². The highest BCUT2D eigenvalue weighted by Crippen LogP contribution is 2.12. The van der Waals surface area contributed by atoms with Crippen molar-refractivity contribution in [3.63, 3.8) is 0 Å². The van der Waals surface area contributed by atoms with Crippen molar-refractivity contribution in [2.45, 2.75) is 6.42 Å². The molecule has 0 N–H and O–H groups in total. The van der Waals surface area contributed by atoms with Crippen molar-refractivity contribution in [1.82, 2.24) is 19.4 Å². The van der Waals surface area contributed by atoms with E-state index in [1.807, 2.05) is 35.0 Å². The lowest BCUT2D eigenvalue weighted by Crippen LogP contribution is -2.37. The standard InChI is InChI=1S/C17H20N4O2/c1-19-9-5-15(13-19)17(23)21-8-3-7-20(10-11-21)16(22)14-4-2-6-18-12-14/h2,4-6,9,12-13H,3,7-8,10-11H2,1H3. The maximum absolute atomic E-state index is 12.5. The van der Waals surface area contributed by atoms with Crippen LogP contribution in [0, 0.1) is 0 Å². The molecule has 0 saturated carbocycles. The fourth-order valence-electron chi connectivity index (χ4n) is 2.81. The van der Waals surface area contributed by atoms with Gasteiger partial charge in [-0.2, -0.15) is 0 Å². The van der Waals surface area contributed by atoms with E-state index >= 15 is 0 Å². The lowest BCUT2D eigenvalue weighted by molar-refractivity contribution is 0.0718. The Bertz CT molecular complexity index is 696. The highest BCUT2D eigenvalue weighted by atomic mass is 16.2. The highest BCUT2D eigenvalue weighted by molar-refractivity contribution is 5.95. The second-order valence-electron chi connectivity index (χ2n) is 5.75. The Morgan fingerprint density at radius 1 is 1.00 bits per heavy atom. The van der Waals surface area contributed by atoms with E-state index in [2.05, 4.69) is 4.98 Å². The second kappa shape index (κ2) is 6.64. The van der Waals surface area contributed by atoms with Gasteiger partial charge in [0.1, 0.15) is 0 Å². The summed E-state index contributed by atoms with van der Waals surface area (Å²) in [4.78, 5) is 32.6. The van der Waals surface area contributed by atoms with E-state index in [0.717, 1.165) is 6.42 Å². The van der Waals surface area contributed by atoms with Crippen LogP contribution < -0.4 is 0 Å². The molecule has 0 atom stereocenters. The Hall–Kier alpha value is -2.63. The molecule has 1 aliphatic rings. The number of rotatable bonds is 2. The Balaban J connectivity index is 1.65. The number of hydrogen-bond acceptors (Lipinski definition) is 3. The number of amides is 2. The SMILES string of the molecule is Cn1ccc(C(=O)N2CCCN(C(=O)c3cccnc3)CC2)c1. The predicted molar refractivity (Wildman–Crippen MR) is 86.1 cm³/mol. The quantitative estimate of drug-likeness (QED) is 0.842. The average molecular weight is 312 g/mol. The molecule has 2 amide bonds. The summed E-state index contributed by atoms with van der Waals surface area (Å²) in [6, 6.07) is 5.36. The molecule has 0 unspecified atom stereocenters. The Labute approximate surface area is 135 Å². The molecule has 0 radical (unpaired) electrons. The van der Waals surface area contributed by atoms with Crippen LogP contribution in [0.1, 0.15) is 27.1 Å². The van der Waals surface area contributed by atoms with Gasteiger partial charge >= 0.3 is 0 Å². The van der Waals surface area contributed by atoms with Crippen LogP contribution in [0.3, 0.4) is 0 Å². The maximum Gasteiger partial charge on any atom is 0.255 e. The molecule has 1 fully saturated rings. The van der Waals surface area contributed by atoms with Crippen LogP contribution in [0.5, 0.6) is 0 Å². The van der Waals surface area contributed by atoms with E-state index in [-0.39, 0.29) is 11.8 Å². The van der Waals surface area contributed by atoms with E-state index in [4.69, 9.17) is 0 Å². The predicted octanol–water partition coefficient (Wildman–Crippen LogP) is 1.41. The first-order valence-corrected chi connectivity index (χ1v) is 7.76. The van der Waals surface area contributed by atoms with Gasteiger partial charge in [0.25, 0.3) is 11.8 Å². The van der Waals surface area contributed by atoms with E-state index < -0.39 is 0 Å². The molecule has 1 saturated heterocycles. The van der Waals surface area contributed by atoms with Gasteiger partial charge in [-0.3, -0.25) is 14.6 Å². The number of aromatic nitrogens is 2. The van der Waals surface area contributed by atoms with Crippen molar-refractivity contribution in [2.75, 3.05) is 26.2 Å². The first-order chi connectivity index (χ1) is 11.1. The second-order valence-corrected chi connectivity index (χ2v) is 5.75. The Morgan fingerprint density at radius 2 is 1.70 bits per heavy atom. The third-order valence-corrected chi connectivity index (χ3v) is 4.06. The molecule has 1 aliphatic heterocycles. The number of aryl methyl sites for hydroxylation is 1. The van der Waals surface area contributed by atoms with Gasteiger partial charge < -0.3 is 14.4 Å². The average Bonchev–Trinajstić information content (AvgIpc) is 2.87. The highest BCUT2D eigenvalue weighted by Gasteiger charge is 2.23. The molecule has 0 aromatic carbocycles. The summed E-state index contributed by atoms with van der Waals surface area (Å²) in [7, 11) is 1.90. The van der Waals surface area contributed by atoms with E-state index in [0.29, 0.717) is 37.3 Å². The lowest BCUT2D eigenvalue weighted by Gasteiger charge is -2.22. The molecule has 23 heavy (non-hydrogen) atoms. The van der Waals surface area contributed by atoms with Crippen LogP contribution in [0.2, 0.25) is 0 Å². The summed E-state index contributed by atoms with van der Waals surface area (Å²) in [5, 5.41) is 0. The Kier molecular flexibility index (Phi) is 4.41. The van der Waals surface area contributed by atoms with Gasteiger partial charge in [-0.15, -0.1) is 0 Å². The summed E-state index contributed by atoms with van der Waals surface area (Å²) in [5.74, 6) is 0.00777. The molecule has 0 aliphatic carbocycles. The molecule has 6 nitrogen and oxygen atoms in total. The summed E-state index contributed by atoms with van der Waals surface area (Å²) < 4.78 is 1.86. The molecule has 0 spiro atoms. The molecular weight excluding hydrogens is 292 g/mol. The van der Waals surface area contributed by atoms with Crippen LogP contribution in [0.15, 0.2) is 43.0 Å².